The van der Waals surface area contributed by atoms with Crippen molar-refractivity contribution in [3.63, 3.8) is 0 Å². The van der Waals surface area contributed by atoms with Gasteiger partial charge < -0.3 is 21.5 Å². The monoisotopic (exact) mass is 283 g/mol. The molecular weight excluding hydrogens is 266 g/mol. The van der Waals surface area contributed by atoms with E-state index in [1.807, 2.05) is 36.4 Å². The number of nitrogen functional groups attached to an aromatic ring is 1. The smallest absolute Gasteiger partial charge is 0.228 e. The number of benzene rings is 2. The van der Waals surface area contributed by atoms with E-state index in [2.05, 4.69) is 10.6 Å². The van der Waals surface area contributed by atoms with Gasteiger partial charge >= 0.3 is 0 Å². The summed E-state index contributed by atoms with van der Waals surface area (Å²) < 4.78 is 0. The van der Waals surface area contributed by atoms with Crippen molar-refractivity contribution >= 4 is 23.0 Å². The molecule has 108 valence electrons. The highest BCUT2D eigenvalue weighted by Gasteiger charge is 2.19. The van der Waals surface area contributed by atoms with Crippen LogP contribution in [-0.4, -0.2) is 11.0 Å². The third kappa shape index (κ3) is 2.83. The Morgan fingerprint density at radius 3 is 2.62 bits per heavy atom. The molecule has 0 saturated heterocycles. The second-order valence-corrected chi connectivity index (χ2v) is 5.15. The molecule has 0 fully saturated rings. The van der Waals surface area contributed by atoms with E-state index in [9.17, 15) is 4.79 Å². The molecule has 1 amide bonds. The number of carbonyl (C=O) groups excluding carboxylic acids is 1. The third-order valence-corrected chi connectivity index (χ3v) is 3.59. The maximum Gasteiger partial charge on any atom is 0.228 e. The number of anilines is 3. The molecule has 0 aliphatic carbocycles. The van der Waals surface area contributed by atoms with Crippen molar-refractivity contribution in [2.75, 3.05) is 16.4 Å². The molecule has 0 atom stereocenters. The minimum Gasteiger partial charge on any atom is -0.397 e. The van der Waals surface area contributed by atoms with Gasteiger partial charge in [-0.15, -0.1) is 0 Å². The first-order valence-electron chi connectivity index (χ1n) is 6.80. The molecule has 2 aromatic rings. The van der Waals surface area contributed by atoms with E-state index in [0.717, 1.165) is 28.1 Å². The molecule has 3 rings (SSSR count). The van der Waals surface area contributed by atoms with Gasteiger partial charge in [-0.2, -0.15) is 0 Å². The Morgan fingerprint density at radius 2 is 1.90 bits per heavy atom. The Kier molecular flexibility index (Phi) is 3.50. The van der Waals surface area contributed by atoms with Crippen molar-refractivity contribution in [3.8, 4) is 0 Å². The normalized spacial score (nSPS) is 12.9. The number of nitrogens with one attached hydrogen (secondary N) is 2. The molecule has 0 bridgehead atoms. The molecule has 0 aromatic heterocycles. The van der Waals surface area contributed by atoms with Gasteiger partial charge in [0.15, 0.2) is 0 Å². The maximum absolute atomic E-state index is 11.4. The van der Waals surface area contributed by atoms with E-state index in [-0.39, 0.29) is 12.5 Å². The summed E-state index contributed by atoms with van der Waals surface area (Å²) in [5.74, 6) is 0.00106. The lowest BCUT2D eigenvalue weighted by Gasteiger charge is -2.12. The first kappa shape index (κ1) is 13.5. The highest BCUT2D eigenvalue weighted by atomic mass is 16.3. The van der Waals surface area contributed by atoms with Crippen molar-refractivity contribution in [2.45, 2.75) is 19.6 Å². The highest BCUT2D eigenvalue weighted by molar-refractivity contribution is 6.00. The van der Waals surface area contributed by atoms with Gasteiger partial charge in [-0.1, -0.05) is 24.3 Å². The summed E-state index contributed by atoms with van der Waals surface area (Å²) in [5, 5.41) is 15.1. The summed E-state index contributed by atoms with van der Waals surface area (Å²) in [7, 11) is 0. The lowest BCUT2D eigenvalue weighted by molar-refractivity contribution is -0.115. The zero-order valence-electron chi connectivity index (χ0n) is 11.5. The first-order valence-corrected chi connectivity index (χ1v) is 6.80. The van der Waals surface area contributed by atoms with E-state index >= 15 is 0 Å². The van der Waals surface area contributed by atoms with Crippen LogP contribution < -0.4 is 16.4 Å². The quantitative estimate of drug-likeness (QED) is 0.645. The Bertz CT molecular complexity index is 681. The molecule has 0 saturated carbocycles. The number of amides is 1. The number of carbonyl (C=O) groups is 1. The van der Waals surface area contributed by atoms with Crippen LogP contribution in [0.3, 0.4) is 0 Å². The van der Waals surface area contributed by atoms with Crippen LogP contribution in [0.25, 0.3) is 0 Å². The van der Waals surface area contributed by atoms with Crippen molar-refractivity contribution in [3.05, 3.63) is 53.1 Å². The summed E-state index contributed by atoms with van der Waals surface area (Å²) >= 11 is 0. The van der Waals surface area contributed by atoms with Crippen molar-refractivity contribution in [1.82, 2.24) is 0 Å². The largest absolute Gasteiger partial charge is 0.397 e. The van der Waals surface area contributed by atoms with Crippen LogP contribution in [-0.2, 0) is 24.4 Å². The molecular formula is C16H17N3O2. The minimum atomic E-state index is 0.00106. The molecule has 1 heterocycles. The molecule has 5 N–H and O–H groups in total. The third-order valence-electron chi connectivity index (χ3n) is 3.59. The SMILES string of the molecule is Nc1cc2c(cc1NCc1ccc(CO)cc1)NC(=O)C2. The van der Waals surface area contributed by atoms with E-state index in [1.54, 1.807) is 0 Å². The molecule has 5 heteroatoms. The van der Waals surface area contributed by atoms with E-state index in [1.165, 1.54) is 0 Å². The minimum absolute atomic E-state index is 0.00106. The van der Waals surface area contributed by atoms with Crippen molar-refractivity contribution in [1.29, 1.82) is 0 Å². The molecule has 21 heavy (non-hydrogen) atoms. The summed E-state index contributed by atoms with van der Waals surface area (Å²) in [4.78, 5) is 11.4. The second kappa shape index (κ2) is 5.46. The molecule has 1 aliphatic heterocycles. The Morgan fingerprint density at radius 1 is 1.19 bits per heavy atom. The van der Waals surface area contributed by atoms with Crippen molar-refractivity contribution < 1.29 is 9.90 Å². The predicted molar refractivity (Wildman–Crippen MR) is 82.9 cm³/mol. The van der Waals surface area contributed by atoms with Gasteiger partial charge in [-0.3, -0.25) is 4.79 Å². The van der Waals surface area contributed by atoms with Crippen molar-refractivity contribution in [2.24, 2.45) is 0 Å². The second-order valence-electron chi connectivity index (χ2n) is 5.15. The van der Waals surface area contributed by atoms with Gasteiger partial charge in [0.1, 0.15) is 0 Å². The number of aliphatic hydroxyl groups excluding tert-OH is 1. The van der Waals surface area contributed by atoms with Crippen LogP contribution in [0, 0.1) is 0 Å². The molecule has 2 aromatic carbocycles. The Hall–Kier alpha value is -2.53. The molecule has 5 nitrogen and oxygen atoms in total. The fourth-order valence-electron chi connectivity index (χ4n) is 2.41. The van der Waals surface area contributed by atoms with Gasteiger partial charge in [0.05, 0.1) is 24.4 Å². The number of hydrogen-bond donors (Lipinski definition) is 4. The van der Waals surface area contributed by atoms with Crippen LogP contribution in [0.1, 0.15) is 16.7 Å². The van der Waals surface area contributed by atoms with E-state index in [4.69, 9.17) is 10.8 Å². The fourth-order valence-corrected chi connectivity index (χ4v) is 2.41. The Balaban J connectivity index is 1.73. The van der Waals surface area contributed by atoms with E-state index in [0.29, 0.717) is 18.7 Å². The van der Waals surface area contributed by atoms with Crippen LogP contribution in [0.2, 0.25) is 0 Å². The van der Waals surface area contributed by atoms with Crippen LogP contribution >= 0.6 is 0 Å². The summed E-state index contributed by atoms with van der Waals surface area (Å²) in [6, 6.07) is 11.4. The van der Waals surface area contributed by atoms with Crippen LogP contribution in [0.4, 0.5) is 17.1 Å². The summed E-state index contributed by atoms with van der Waals surface area (Å²) in [6.45, 7) is 0.674. The van der Waals surface area contributed by atoms with Gasteiger partial charge in [0, 0.05) is 12.2 Å². The number of aliphatic hydroxyl groups is 1. The standard InChI is InChI=1S/C16H17N3O2/c17-13-5-12-6-16(21)19-14(12)7-15(13)18-8-10-1-3-11(9-20)4-2-10/h1-5,7,18,20H,6,8-9,17H2,(H,19,21). The van der Waals surface area contributed by atoms with Crippen LogP contribution in [0.15, 0.2) is 36.4 Å². The lowest BCUT2D eigenvalue weighted by Crippen LogP contribution is -2.04. The molecule has 0 unspecified atom stereocenters. The van der Waals surface area contributed by atoms with Gasteiger partial charge in [-0.05, 0) is 28.8 Å². The average Bonchev–Trinajstić information content (AvgIpc) is 2.84. The highest BCUT2D eigenvalue weighted by Crippen LogP contribution is 2.31. The first-order chi connectivity index (χ1) is 10.2. The zero-order valence-corrected chi connectivity index (χ0v) is 11.5. The van der Waals surface area contributed by atoms with Crippen LogP contribution in [0.5, 0.6) is 0 Å². The van der Waals surface area contributed by atoms with Gasteiger partial charge in [-0.25, -0.2) is 0 Å². The number of rotatable bonds is 4. The number of fused-ring (bicyclic) bond motifs is 1. The molecule has 0 radical (unpaired) electrons. The summed E-state index contributed by atoms with van der Waals surface area (Å²) in [6.07, 6.45) is 0.391. The fraction of sp³-hybridized carbons (Fsp3) is 0.188. The average molecular weight is 283 g/mol. The zero-order chi connectivity index (χ0) is 14.8. The predicted octanol–water partition coefficient (Wildman–Crippen LogP) is 1.87. The van der Waals surface area contributed by atoms with Gasteiger partial charge in [0.25, 0.3) is 0 Å². The number of nitrogens with two attached hydrogens (primary N) is 1. The topological polar surface area (TPSA) is 87.4 Å². The maximum atomic E-state index is 11.4. The molecule has 1 aliphatic rings. The summed E-state index contributed by atoms with van der Waals surface area (Å²) in [5.41, 5.74) is 11.2. The lowest BCUT2D eigenvalue weighted by atomic mass is 10.1. The Labute approximate surface area is 122 Å². The van der Waals surface area contributed by atoms with E-state index < -0.39 is 0 Å². The molecule has 0 spiro atoms. The number of hydrogen-bond acceptors (Lipinski definition) is 4. The van der Waals surface area contributed by atoms with Gasteiger partial charge in [0.2, 0.25) is 5.91 Å².